The van der Waals surface area contributed by atoms with E-state index in [0.29, 0.717) is 62.2 Å². The first kappa shape index (κ1) is 50.8. The van der Waals surface area contributed by atoms with E-state index in [2.05, 4.69) is 67.8 Å². The van der Waals surface area contributed by atoms with Crippen LogP contribution >= 0.6 is 11.6 Å². The van der Waals surface area contributed by atoms with Gasteiger partial charge < -0.3 is 30.7 Å². The Kier molecular flexibility index (Phi) is 13.1. The van der Waals surface area contributed by atoms with E-state index in [9.17, 15) is 37.1 Å². The van der Waals surface area contributed by atoms with Crippen LogP contribution in [0.2, 0.25) is 5.02 Å². The Balaban J connectivity index is 0.671. The molecule has 4 N–H and O–H groups in total. The molecule has 4 saturated heterocycles. The molecule has 5 amide bonds. The van der Waals surface area contributed by atoms with Crippen molar-refractivity contribution in [3.63, 3.8) is 0 Å². The number of imide groups is 1. The van der Waals surface area contributed by atoms with E-state index in [1.807, 2.05) is 12.1 Å². The van der Waals surface area contributed by atoms with Crippen molar-refractivity contribution in [3.8, 4) is 0 Å². The van der Waals surface area contributed by atoms with Gasteiger partial charge in [-0.2, -0.15) is 13.2 Å². The van der Waals surface area contributed by atoms with E-state index in [-0.39, 0.29) is 75.7 Å². The van der Waals surface area contributed by atoms with Crippen LogP contribution in [0.15, 0.2) is 48.7 Å². The maximum absolute atomic E-state index is 16.3. The molecule has 6 aliphatic heterocycles. The summed E-state index contributed by atoms with van der Waals surface area (Å²) in [7, 11) is 0. The lowest BCUT2D eigenvalue weighted by atomic mass is 9.60. The average Bonchev–Trinajstić information content (AvgIpc) is 4.04. The van der Waals surface area contributed by atoms with E-state index in [0.717, 1.165) is 82.3 Å². The standard InChI is InChI=1S/C55H66ClF4N9O5/c1-52(2,3)27-43-54(30-62-40-24-42(55(58,59)60)61-28-38(40)54)45(37-5-4-6-39(56)46(37)57)47(64-43)49(72)63-33-9-7-31(8-10-33)50(73)68-17-15-53(16-18-68)25-35(26-53)67-21-19-66(20-22-67)34-11-12-36-32(23-34)29-69(51(36)74)41-13-14-44(70)65-48(41)71/h4-6,11-12,23-24,28,31,33,35,41,43,45,47,62,64H,7-10,13-22,25-27,29-30H2,1-3H3,(H,63,72)(H,65,70,71)/t31?,33?,41?,43-,45-,47+,54-/m0/s1. The lowest BCUT2D eigenvalue weighted by molar-refractivity contribution is -0.142. The highest BCUT2D eigenvalue weighted by Crippen LogP contribution is 2.57. The Morgan fingerprint density at radius 1 is 0.919 bits per heavy atom. The summed E-state index contributed by atoms with van der Waals surface area (Å²) >= 11 is 6.39. The first-order valence-electron chi connectivity index (χ1n) is 26.6. The number of nitrogens with zero attached hydrogens (tertiary/aromatic N) is 5. The summed E-state index contributed by atoms with van der Waals surface area (Å²) in [5.41, 5.74) is 1.46. The minimum atomic E-state index is -4.67. The van der Waals surface area contributed by atoms with Crippen LogP contribution in [0.4, 0.5) is 28.9 Å². The lowest BCUT2D eigenvalue weighted by Gasteiger charge is -2.56. The number of halogens is 5. The fourth-order valence-corrected chi connectivity index (χ4v) is 14.5. The molecule has 14 nitrogen and oxygen atoms in total. The summed E-state index contributed by atoms with van der Waals surface area (Å²) in [4.78, 5) is 78.7. The molecule has 2 aromatic carbocycles. The SMILES string of the molecule is CC(C)(C)C[C@@H]1N[C@@H](C(=O)NC2CCC(C(=O)N3CCC4(CC3)CC(N3CCN(c5ccc6c(c5)CN(C5CCC(=O)NC5=O)C6=O)CC3)C4)CC2)[C@H](c2cccc(Cl)c2F)[C@]12CNc1cc(C(F)(F)F)ncc12. The second-order valence-electron chi connectivity index (χ2n) is 23.8. The fourth-order valence-electron chi connectivity index (χ4n) is 14.3. The number of hydrogen-bond donors (Lipinski definition) is 4. The summed E-state index contributed by atoms with van der Waals surface area (Å²) in [6.45, 7) is 11.8. The molecule has 0 radical (unpaired) electrons. The van der Waals surface area contributed by atoms with Gasteiger partial charge in [0.2, 0.25) is 23.6 Å². The number of anilines is 2. The van der Waals surface area contributed by atoms with Gasteiger partial charge in [-0.05, 0) is 116 Å². The van der Waals surface area contributed by atoms with Gasteiger partial charge in [0.25, 0.3) is 5.91 Å². The number of benzene rings is 2. The molecule has 7 heterocycles. The predicted molar refractivity (Wildman–Crippen MR) is 270 cm³/mol. The van der Waals surface area contributed by atoms with E-state index in [1.54, 1.807) is 17.0 Å². The molecule has 2 spiro atoms. The molecule has 19 heteroatoms. The molecular weight excluding hydrogens is 978 g/mol. The summed E-state index contributed by atoms with van der Waals surface area (Å²) in [5.74, 6) is -2.66. The van der Waals surface area contributed by atoms with Crippen LogP contribution < -0.4 is 26.2 Å². The van der Waals surface area contributed by atoms with Crippen LogP contribution in [-0.2, 0) is 37.3 Å². The molecule has 11 rings (SSSR count). The number of rotatable bonds is 8. The molecule has 0 bridgehead atoms. The first-order valence-corrected chi connectivity index (χ1v) is 27.0. The van der Waals surface area contributed by atoms with Crippen molar-refractivity contribution < 1.29 is 41.5 Å². The van der Waals surface area contributed by atoms with E-state index in [1.165, 1.54) is 12.3 Å². The van der Waals surface area contributed by atoms with Crippen molar-refractivity contribution >= 4 is 52.5 Å². The Hall–Kier alpha value is -5.33. The maximum Gasteiger partial charge on any atom is 0.433 e. The number of amides is 5. The molecule has 1 aromatic heterocycles. The number of carbonyl (C=O) groups is 5. The molecule has 8 aliphatic rings. The minimum absolute atomic E-state index is 0.110. The van der Waals surface area contributed by atoms with Crippen molar-refractivity contribution in [1.82, 2.24) is 35.6 Å². The third-order valence-corrected chi connectivity index (χ3v) is 18.5. The molecule has 5 atom stereocenters. The van der Waals surface area contributed by atoms with Gasteiger partial charge >= 0.3 is 6.18 Å². The highest BCUT2D eigenvalue weighted by molar-refractivity contribution is 6.30. The number of alkyl halides is 3. The number of nitrogens with one attached hydrogen (secondary N) is 4. The number of pyridine rings is 1. The third-order valence-electron chi connectivity index (χ3n) is 18.2. The van der Waals surface area contributed by atoms with Crippen LogP contribution in [0.1, 0.15) is 130 Å². The second kappa shape index (κ2) is 19.0. The second-order valence-corrected chi connectivity index (χ2v) is 24.2. The van der Waals surface area contributed by atoms with Gasteiger partial charge in [0, 0.05) is 123 Å². The monoisotopic (exact) mass is 1040 g/mol. The molecule has 1 unspecified atom stereocenters. The maximum atomic E-state index is 16.3. The van der Waals surface area contributed by atoms with Gasteiger partial charge in [-0.15, -0.1) is 0 Å². The highest BCUT2D eigenvalue weighted by Gasteiger charge is 2.62. The molecule has 6 fully saturated rings. The Bertz CT molecular complexity index is 2740. The van der Waals surface area contributed by atoms with Crippen LogP contribution in [0.25, 0.3) is 0 Å². The third kappa shape index (κ3) is 9.21. The number of likely N-dealkylation sites (tertiary alicyclic amines) is 1. The summed E-state index contributed by atoms with van der Waals surface area (Å²) in [6, 6.07) is 9.92. The van der Waals surface area contributed by atoms with Crippen molar-refractivity contribution in [2.45, 2.75) is 146 Å². The summed E-state index contributed by atoms with van der Waals surface area (Å²) in [6.07, 6.45) is 4.41. The fraction of sp³-hybridized carbons (Fsp3) is 0.600. The van der Waals surface area contributed by atoms with Gasteiger partial charge in [-0.1, -0.05) is 44.5 Å². The Labute approximate surface area is 434 Å². The predicted octanol–water partition coefficient (Wildman–Crippen LogP) is 7.15. The summed E-state index contributed by atoms with van der Waals surface area (Å²) in [5, 5.41) is 12.3. The lowest BCUT2D eigenvalue weighted by Crippen LogP contribution is -2.59. The largest absolute Gasteiger partial charge is 0.433 e. The number of carbonyl (C=O) groups excluding carboxylic acids is 5. The van der Waals surface area contributed by atoms with Gasteiger partial charge in [-0.3, -0.25) is 39.2 Å². The zero-order chi connectivity index (χ0) is 52.1. The van der Waals surface area contributed by atoms with Crippen molar-refractivity contribution in [2.75, 3.05) is 56.0 Å². The van der Waals surface area contributed by atoms with Crippen LogP contribution in [-0.4, -0.2) is 125 Å². The normalized spacial score (nSPS) is 29.3. The average molecular weight is 1040 g/mol. The van der Waals surface area contributed by atoms with Crippen molar-refractivity contribution in [3.05, 3.63) is 87.4 Å². The Morgan fingerprint density at radius 3 is 2.34 bits per heavy atom. The molecule has 396 valence electrons. The highest BCUT2D eigenvalue weighted by atomic mass is 35.5. The quantitative estimate of drug-likeness (QED) is 0.135. The van der Waals surface area contributed by atoms with Gasteiger partial charge in [0.05, 0.1) is 11.1 Å². The molecule has 3 aromatic rings. The molecular formula is C55H66ClF4N9O5. The van der Waals surface area contributed by atoms with Crippen LogP contribution in [0.5, 0.6) is 0 Å². The van der Waals surface area contributed by atoms with Crippen molar-refractivity contribution in [2.24, 2.45) is 16.7 Å². The summed E-state index contributed by atoms with van der Waals surface area (Å²) < 4.78 is 58.0. The van der Waals surface area contributed by atoms with E-state index < -0.39 is 53.1 Å². The van der Waals surface area contributed by atoms with Gasteiger partial charge in [0.15, 0.2) is 0 Å². The first-order chi connectivity index (χ1) is 35.2. The topological polar surface area (TPSA) is 159 Å². The van der Waals surface area contributed by atoms with Gasteiger partial charge in [-0.25, -0.2) is 4.39 Å². The molecule has 2 saturated carbocycles. The number of piperazine rings is 1. The Morgan fingerprint density at radius 2 is 1.65 bits per heavy atom. The zero-order valence-electron chi connectivity index (χ0n) is 42.3. The minimum Gasteiger partial charge on any atom is -0.384 e. The number of aromatic nitrogens is 1. The van der Waals surface area contributed by atoms with Crippen LogP contribution in [0.3, 0.4) is 0 Å². The number of piperidine rings is 2. The van der Waals surface area contributed by atoms with Crippen LogP contribution in [0, 0.1) is 22.6 Å². The molecule has 74 heavy (non-hydrogen) atoms. The molecule has 2 aliphatic carbocycles. The number of fused-ring (bicyclic) bond motifs is 3. The van der Waals surface area contributed by atoms with Crippen molar-refractivity contribution in [1.29, 1.82) is 0 Å². The van der Waals surface area contributed by atoms with E-state index in [4.69, 9.17) is 11.6 Å². The van der Waals surface area contributed by atoms with E-state index >= 15 is 4.39 Å². The zero-order valence-corrected chi connectivity index (χ0v) is 43.0. The smallest absolute Gasteiger partial charge is 0.384 e. The number of hydrogen-bond acceptors (Lipinski definition) is 10. The van der Waals surface area contributed by atoms with Gasteiger partial charge in [0.1, 0.15) is 17.6 Å².